The van der Waals surface area contributed by atoms with Gasteiger partial charge in [-0.1, -0.05) is 6.07 Å². The molecule has 1 aromatic carbocycles. The van der Waals surface area contributed by atoms with E-state index in [4.69, 9.17) is 5.73 Å². The average molecular weight is 272 g/mol. The summed E-state index contributed by atoms with van der Waals surface area (Å²) in [6.45, 7) is 1.87. The van der Waals surface area contributed by atoms with Gasteiger partial charge in [-0.15, -0.1) is 11.3 Å². The van der Waals surface area contributed by atoms with Crippen molar-refractivity contribution in [2.45, 2.75) is 13.0 Å². The minimum atomic E-state index is -0.278. The van der Waals surface area contributed by atoms with Gasteiger partial charge >= 0.3 is 0 Å². The van der Waals surface area contributed by atoms with Crippen LogP contribution in [0.2, 0.25) is 0 Å². The number of nitrogens with two attached hydrogens (primary N) is 1. The number of hydrogen-bond acceptors (Lipinski definition) is 3. The second kappa shape index (κ2) is 4.72. The van der Waals surface area contributed by atoms with E-state index < -0.39 is 0 Å². The molecule has 19 heavy (non-hydrogen) atoms. The van der Waals surface area contributed by atoms with Gasteiger partial charge in [0.25, 0.3) is 0 Å². The van der Waals surface area contributed by atoms with Crippen LogP contribution in [0.1, 0.15) is 22.7 Å². The Morgan fingerprint density at radius 3 is 2.89 bits per heavy atom. The van der Waals surface area contributed by atoms with Crippen molar-refractivity contribution in [3.05, 3.63) is 64.4 Å². The molecule has 1 atom stereocenters. The second-order valence-corrected chi connectivity index (χ2v) is 5.50. The maximum absolute atomic E-state index is 13.1. The fourth-order valence-electron chi connectivity index (χ4n) is 2.20. The molecular formula is C15H13FN2S. The first-order valence-corrected chi connectivity index (χ1v) is 6.88. The zero-order chi connectivity index (χ0) is 13.4. The maximum atomic E-state index is 13.1. The molecule has 0 aliphatic carbocycles. The topological polar surface area (TPSA) is 38.9 Å². The zero-order valence-electron chi connectivity index (χ0n) is 10.4. The summed E-state index contributed by atoms with van der Waals surface area (Å²) in [6, 6.07) is 8.46. The summed E-state index contributed by atoms with van der Waals surface area (Å²) >= 11 is 1.64. The molecule has 0 spiro atoms. The minimum absolute atomic E-state index is 0.236. The Balaban J connectivity index is 2.04. The number of aryl methyl sites for hydroxylation is 1. The van der Waals surface area contributed by atoms with Crippen molar-refractivity contribution in [3.8, 4) is 0 Å². The standard InChI is InChI=1S/C15H13FN2S/c1-9-6-11(16)2-3-12(9)15(17)10-7-14-13(18-8-10)4-5-19-14/h2-8,15H,17H2,1H3. The Morgan fingerprint density at radius 2 is 2.11 bits per heavy atom. The number of hydrogen-bond donors (Lipinski definition) is 1. The fourth-order valence-corrected chi connectivity index (χ4v) is 2.99. The van der Waals surface area contributed by atoms with Crippen molar-refractivity contribution >= 4 is 21.6 Å². The van der Waals surface area contributed by atoms with Crippen LogP contribution in [0.4, 0.5) is 4.39 Å². The van der Waals surface area contributed by atoms with Crippen molar-refractivity contribution in [2.24, 2.45) is 5.73 Å². The fraction of sp³-hybridized carbons (Fsp3) is 0.133. The van der Waals surface area contributed by atoms with Crippen LogP contribution in [-0.2, 0) is 0 Å². The Kier molecular flexibility index (Phi) is 3.05. The number of nitrogens with zero attached hydrogens (tertiary/aromatic N) is 1. The van der Waals surface area contributed by atoms with E-state index in [1.54, 1.807) is 23.6 Å². The smallest absolute Gasteiger partial charge is 0.123 e. The summed E-state index contributed by atoms with van der Waals surface area (Å²) in [5, 5.41) is 2.01. The van der Waals surface area contributed by atoms with Gasteiger partial charge in [-0.3, -0.25) is 4.98 Å². The first kappa shape index (κ1) is 12.3. The van der Waals surface area contributed by atoms with Crippen LogP contribution in [0.3, 0.4) is 0 Å². The number of rotatable bonds is 2. The number of pyridine rings is 1. The summed E-state index contributed by atoms with van der Waals surface area (Å²) in [7, 11) is 0. The molecule has 2 heterocycles. The molecule has 3 aromatic rings. The molecule has 0 radical (unpaired) electrons. The normalized spacial score (nSPS) is 12.8. The van der Waals surface area contributed by atoms with Crippen molar-refractivity contribution < 1.29 is 4.39 Å². The highest BCUT2D eigenvalue weighted by Gasteiger charge is 2.13. The van der Waals surface area contributed by atoms with Crippen LogP contribution in [-0.4, -0.2) is 4.98 Å². The number of thiophene rings is 1. The van der Waals surface area contributed by atoms with Crippen molar-refractivity contribution in [2.75, 3.05) is 0 Å². The first-order valence-electron chi connectivity index (χ1n) is 6.00. The van der Waals surface area contributed by atoms with Gasteiger partial charge in [0.2, 0.25) is 0 Å². The molecule has 0 aliphatic rings. The van der Waals surface area contributed by atoms with Gasteiger partial charge in [-0.05, 0) is 53.3 Å². The average Bonchev–Trinajstić information content (AvgIpc) is 2.85. The molecule has 2 aromatic heterocycles. The summed E-state index contributed by atoms with van der Waals surface area (Å²) in [5.41, 5.74) is 9.99. The van der Waals surface area contributed by atoms with E-state index in [1.165, 1.54) is 12.1 Å². The van der Waals surface area contributed by atoms with Crippen LogP contribution < -0.4 is 5.73 Å². The van der Waals surface area contributed by atoms with Gasteiger partial charge in [0.1, 0.15) is 5.82 Å². The second-order valence-electron chi connectivity index (χ2n) is 4.55. The first-order chi connectivity index (χ1) is 9.15. The van der Waals surface area contributed by atoms with E-state index in [0.29, 0.717) is 0 Å². The third-order valence-electron chi connectivity index (χ3n) is 3.25. The SMILES string of the molecule is Cc1cc(F)ccc1C(N)c1cnc2ccsc2c1. The van der Waals surface area contributed by atoms with Crippen LogP contribution in [0.25, 0.3) is 10.2 Å². The van der Waals surface area contributed by atoms with E-state index >= 15 is 0 Å². The Hall–Kier alpha value is -1.78. The molecule has 1 unspecified atom stereocenters. The lowest BCUT2D eigenvalue weighted by Crippen LogP contribution is -2.13. The molecule has 0 amide bonds. The Bertz CT molecular complexity index is 736. The molecule has 0 bridgehead atoms. The Morgan fingerprint density at radius 1 is 1.26 bits per heavy atom. The molecule has 0 saturated carbocycles. The predicted octanol–water partition coefficient (Wildman–Crippen LogP) is 3.79. The van der Waals surface area contributed by atoms with Gasteiger partial charge in [0.05, 0.1) is 16.3 Å². The van der Waals surface area contributed by atoms with E-state index in [2.05, 4.69) is 11.1 Å². The highest BCUT2D eigenvalue weighted by atomic mass is 32.1. The molecule has 2 nitrogen and oxygen atoms in total. The van der Waals surface area contributed by atoms with Gasteiger partial charge in [-0.25, -0.2) is 4.39 Å². The van der Waals surface area contributed by atoms with Gasteiger partial charge < -0.3 is 5.73 Å². The van der Waals surface area contributed by atoms with Crippen molar-refractivity contribution in [1.29, 1.82) is 0 Å². The third-order valence-corrected chi connectivity index (χ3v) is 4.10. The minimum Gasteiger partial charge on any atom is -0.320 e. The molecule has 0 fully saturated rings. The van der Waals surface area contributed by atoms with Crippen molar-refractivity contribution in [1.82, 2.24) is 4.98 Å². The molecule has 96 valence electrons. The summed E-state index contributed by atoms with van der Waals surface area (Å²) in [5.74, 6) is -0.236. The Labute approximate surface area is 114 Å². The number of fused-ring (bicyclic) bond motifs is 1. The van der Waals surface area contributed by atoms with E-state index in [9.17, 15) is 4.39 Å². The van der Waals surface area contributed by atoms with Crippen molar-refractivity contribution in [3.63, 3.8) is 0 Å². The molecule has 0 saturated heterocycles. The molecule has 4 heteroatoms. The van der Waals surface area contributed by atoms with Crippen LogP contribution in [0.5, 0.6) is 0 Å². The lowest BCUT2D eigenvalue weighted by Gasteiger charge is -2.15. The van der Waals surface area contributed by atoms with Gasteiger partial charge in [0, 0.05) is 6.20 Å². The highest BCUT2D eigenvalue weighted by Crippen LogP contribution is 2.27. The van der Waals surface area contributed by atoms with E-state index in [0.717, 1.165) is 26.9 Å². The number of aromatic nitrogens is 1. The van der Waals surface area contributed by atoms with E-state index in [-0.39, 0.29) is 11.9 Å². The summed E-state index contributed by atoms with van der Waals surface area (Å²) < 4.78 is 14.2. The monoisotopic (exact) mass is 272 g/mol. The highest BCUT2D eigenvalue weighted by molar-refractivity contribution is 7.17. The third kappa shape index (κ3) is 2.25. The van der Waals surface area contributed by atoms with Gasteiger partial charge in [0.15, 0.2) is 0 Å². The summed E-state index contributed by atoms with van der Waals surface area (Å²) in [6.07, 6.45) is 1.79. The van der Waals surface area contributed by atoms with Crippen LogP contribution in [0.15, 0.2) is 41.9 Å². The maximum Gasteiger partial charge on any atom is 0.123 e. The summed E-state index contributed by atoms with van der Waals surface area (Å²) in [4.78, 5) is 4.39. The molecule has 3 rings (SSSR count). The van der Waals surface area contributed by atoms with Crippen LogP contribution in [0, 0.1) is 12.7 Å². The molecule has 2 N–H and O–H groups in total. The number of benzene rings is 1. The molecular weight excluding hydrogens is 259 g/mol. The van der Waals surface area contributed by atoms with Gasteiger partial charge in [-0.2, -0.15) is 0 Å². The lowest BCUT2D eigenvalue weighted by atomic mass is 9.97. The predicted molar refractivity (Wildman–Crippen MR) is 76.8 cm³/mol. The largest absolute Gasteiger partial charge is 0.320 e. The van der Waals surface area contributed by atoms with E-state index in [1.807, 2.05) is 18.4 Å². The lowest BCUT2D eigenvalue weighted by molar-refractivity contribution is 0.624. The zero-order valence-corrected chi connectivity index (χ0v) is 11.2. The number of halogens is 1. The van der Waals surface area contributed by atoms with Crippen LogP contribution >= 0.6 is 11.3 Å². The molecule has 0 aliphatic heterocycles. The quantitative estimate of drug-likeness (QED) is 0.770.